The first-order chi connectivity index (χ1) is 14.5. The van der Waals surface area contributed by atoms with E-state index in [1.54, 1.807) is 0 Å². The van der Waals surface area contributed by atoms with Crippen LogP contribution in [-0.2, 0) is 17.8 Å². The van der Waals surface area contributed by atoms with Crippen LogP contribution < -0.4 is 10.1 Å². The Hall–Kier alpha value is -2.86. The molecule has 0 spiro atoms. The number of imidazole rings is 1. The molecule has 6 heteroatoms. The molecular weight excluding hydrogens is 376 g/mol. The van der Waals surface area contributed by atoms with Gasteiger partial charge in [-0.15, -0.1) is 0 Å². The van der Waals surface area contributed by atoms with E-state index < -0.39 is 0 Å². The summed E-state index contributed by atoms with van der Waals surface area (Å²) in [5.41, 5.74) is 4.22. The van der Waals surface area contributed by atoms with Gasteiger partial charge in [-0.3, -0.25) is 4.79 Å². The van der Waals surface area contributed by atoms with Gasteiger partial charge in [0.1, 0.15) is 11.6 Å². The van der Waals surface area contributed by atoms with E-state index in [1.165, 1.54) is 0 Å². The second-order valence-electron chi connectivity index (χ2n) is 7.93. The summed E-state index contributed by atoms with van der Waals surface area (Å²) in [6.07, 6.45) is 1.74. The lowest BCUT2D eigenvalue weighted by Gasteiger charge is -2.13. The number of ether oxygens (including phenoxy) is 1. The number of amides is 1. The van der Waals surface area contributed by atoms with Gasteiger partial charge in [-0.1, -0.05) is 30.3 Å². The summed E-state index contributed by atoms with van der Waals surface area (Å²) in [4.78, 5) is 19.2. The summed E-state index contributed by atoms with van der Waals surface area (Å²) in [6.45, 7) is 6.47. The van der Waals surface area contributed by atoms with Crippen LogP contribution in [-0.4, -0.2) is 54.1 Å². The minimum atomic E-state index is -0.118. The Balaban J connectivity index is 1.56. The molecule has 30 heavy (non-hydrogen) atoms. The number of aromatic nitrogens is 2. The maximum atomic E-state index is 12.3. The molecule has 0 fully saturated rings. The smallest absolute Gasteiger partial charge is 0.257 e. The number of para-hydroxylation sites is 3. The SMILES string of the molecule is Cc1cccc(C)c1OCC(=O)NCCc1nc2ccccc2n1CCCN(C)C. The van der Waals surface area contributed by atoms with Gasteiger partial charge in [-0.05, 0) is 64.2 Å². The molecule has 0 atom stereocenters. The number of aryl methyl sites for hydroxylation is 3. The molecule has 160 valence electrons. The highest BCUT2D eigenvalue weighted by atomic mass is 16.5. The van der Waals surface area contributed by atoms with E-state index in [2.05, 4.69) is 34.9 Å². The number of carbonyl (C=O) groups excluding carboxylic acids is 1. The molecule has 0 aliphatic heterocycles. The molecule has 1 heterocycles. The fraction of sp³-hybridized carbons (Fsp3) is 0.417. The Morgan fingerprint density at radius 3 is 2.57 bits per heavy atom. The van der Waals surface area contributed by atoms with Crippen molar-refractivity contribution in [2.75, 3.05) is 33.8 Å². The van der Waals surface area contributed by atoms with Crippen LogP contribution in [0.15, 0.2) is 42.5 Å². The van der Waals surface area contributed by atoms with E-state index in [0.717, 1.165) is 53.2 Å². The molecular formula is C24H32N4O2. The van der Waals surface area contributed by atoms with Crippen molar-refractivity contribution < 1.29 is 9.53 Å². The molecule has 0 saturated carbocycles. The van der Waals surface area contributed by atoms with Crippen LogP contribution in [0.1, 0.15) is 23.4 Å². The minimum Gasteiger partial charge on any atom is -0.483 e. The first kappa shape index (κ1) is 21.8. The average molecular weight is 409 g/mol. The van der Waals surface area contributed by atoms with Gasteiger partial charge in [0.2, 0.25) is 0 Å². The molecule has 0 unspecified atom stereocenters. The number of nitrogens with one attached hydrogen (secondary N) is 1. The minimum absolute atomic E-state index is 0.0188. The molecule has 3 aromatic rings. The lowest BCUT2D eigenvalue weighted by Crippen LogP contribution is -2.31. The number of hydrogen-bond acceptors (Lipinski definition) is 4. The van der Waals surface area contributed by atoms with Gasteiger partial charge < -0.3 is 19.5 Å². The normalized spacial score (nSPS) is 11.2. The Kier molecular flexibility index (Phi) is 7.46. The predicted molar refractivity (Wildman–Crippen MR) is 121 cm³/mol. The van der Waals surface area contributed by atoms with Crippen molar-refractivity contribution in [3.63, 3.8) is 0 Å². The molecule has 2 aromatic carbocycles. The van der Waals surface area contributed by atoms with Crippen molar-refractivity contribution in [1.82, 2.24) is 19.8 Å². The summed E-state index contributed by atoms with van der Waals surface area (Å²) in [5.74, 6) is 1.68. The van der Waals surface area contributed by atoms with Crippen LogP contribution in [0.5, 0.6) is 5.75 Å². The number of carbonyl (C=O) groups is 1. The third-order valence-corrected chi connectivity index (χ3v) is 5.15. The first-order valence-electron chi connectivity index (χ1n) is 10.5. The fourth-order valence-electron chi connectivity index (χ4n) is 3.64. The quantitative estimate of drug-likeness (QED) is 0.559. The molecule has 3 rings (SSSR count). The highest BCUT2D eigenvalue weighted by molar-refractivity contribution is 5.78. The Morgan fingerprint density at radius 1 is 1.10 bits per heavy atom. The predicted octanol–water partition coefficient (Wildman–Crippen LogP) is 3.34. The summed E-state index contributed by atoms with van der Waals surface area (Å²) in [5, 5.41) is 2.96. The summed E-state index contributed by atoms with van der Waals surface area (Å²) in [6, 6.07) is 14.2. The Morgan fingerprint density at radius 2 is 1.83 bits per heavy atom. The number of nitrogens with zero attached hydrogens (tertiary/aromatic N) is 3. The van der Waals surface area contributed by atoms with Gasteiger partial charge in [0.25, 0.3) is 5.91 Å². The molecule has 0 bridgehead atoms. The third kappa shape index (κ3) is 5.60. The van der Waals surface area contributed by atoms with Crippen molar-refractivity contribution in [3.8, 4) is 5.75 Å². The summed E-state index contributed by atoms with van der Waals surface area (Å²) >= 11 is 0. The molecule has 6 nitrogen and oxygen atoms in total. The lowest BCUT2D eigenvalue weighted by molar-refractivity contribution is -0.123. The Labute approximate surface area is 178 Å². The largest absolute Gasteiger partial charge is 0.483 e. The van der Waals surface area contributed by atoms with E-state index >= 15 is 0 Å². The number of hydrogen-bond donors (Lipinski definition) is 1. The Bertz CT molecular complexity index is 974. The molecule has 1 aromatic heterocycles. The third-order valence-electron chi connectivity index (χ3n) is 5.15. The van der Waals surface area contributed by atoms with Crippen molar-refractivity contribution >= 4 is 16.9 Å². The second-order valence-corrected chi connectivity index (χ2v) is 7.93. The molecule has 0 aliphatic carbocycles. The van der Waals surface area contributed by atoms with E-state index in [-0.39, 0.29) is 12.5 Å². The van der Waals surface area contributed by atoms with Crippen molar-refractivity contribution in [2.45, 2.75) is 33.2 Å². The lowest BCUT2D eigenvalue weighted by atomic mass is 10.1. The second kappa shape index (κ2) is 10.3. The molecule has 1 N–H and O–H groups in total. The van der Waals surface area contributed by atoms with E-state index in [4.69, 9.17) is 9.72 Å². The van der Waals surface area contributed by atoms with Gasteiger partial charge in [-0.2, -0.15) is 0 Å². The van der Waals surface area contributed by atoms with Gasteiger partial charge >= 0.3 is 0 Å². The summed E-state index contributed by atoms with van der Waals surface area (Å²) in [7, 11) is 4.17. The molecule has 0 saturated heterocycles. The van der Waals surface area contributed by atoms with Crippen LogP contribution in [0.3, 0.4) is 0 Å². The molecule has 1 amide bonds. The summed E-state index contributed by atoms with van der Waals surface area (Å²) < 4.78 is 8.02. The monoisotopic (exact) mass is 408 g/mol. The topological polar surface area (TPSA) is 59.4 Å². The number of benzene rings is 2. The van der Waals surface area contributed by atoms with Gasteiger partial charge in [0, 0.05) is 19.5 Å². The zero-order valence-corrected chi connectivity index (χ0v) is 18.4. The van der Waals surface area contributed by atoms with E-state index in [1.807, 2.05) is 50.2 Å². The number of fused-ring (bicyclic) bond motifs is 1. The van der Waals surface area contributed by atoms with Gasteiger partial charge in [0.05, 0.1) is 11.0 Å². The van der Waals surface area contributed by atoms with Crippen LogP contribution in [0.25, 0.3) is 11.0 Å². The van der Waals surface area contributed by atoms with Crippen molar-refractivity contribution in [3.05, 3.63) is 59.4 Å². The van der Waals surface area contributed by atoms with E-state index in [9.17, 15) is 4.79 Å². The van der Waals surface area contributed by atoms with Crippen LogP contribution >= 0.6 is 0 Å². The van der Waals surface area contributed by atoms with Crippen LogP contribution in [0.4, 0.5) is 0 Å². The highest BCUT2D eigenvalue weighted by Crippen LogP contribution is 2.22. The van der Waals surface area contributed by atoms with Crippen molar-refractivity contribution in [2.24, 2.45) is 0 Å². The van der Waals surface area contributed by atoms with Crippen molar-refractivity contribution in [1.29, 1.82) is 0 Å². The zero-order valence-electron chi connectivity index (χ0n) is 18.4. The standard InChI is InChI=1S/C24H32N4O2/c1-18-9-7-10-19(2)24(18)30-17-23(29)25-14-13-22-26-20-11-5-6-12-21(20)28(22)16-8-15-27(3)4/h5-7,9-12H,8,13-17H2,1-4H3,(H,25,29). The molecule has 0 radical (unpaired) electrons. The highest BCUT2D eigenvalue weighted by Gasteiger charge is 2.12. The van der Waals surface area contributed by atoms with E-state index in [0.29, 0.717) is 13.0 Å². The first-order valence-corrected chi connectivity index (χ1v) is 10.5. The maximum absolute atomic E-state index is 12.3. The van der Waals surface area contributed by atoms with Crippen LogP contribution in [0, 0.1) is 13.8 Å². The maximum Gasteiger partial charge on any atom is 0.257 e. The van der Waals surface area contributed by atoms with Crippen LogP contribution in [0.2, 0.25) is 0 Å². The number of rotatable bonds is 10. The van der Waals surface area contributed by atoms with Gasteiger partial charge in [-0.25, -0.2) is 4.98 Å². The average Bonchev–Trinajstić information content (AvgIpc) is 3.05. The fourth-order valence-corrected chi connectivity index (χ4v) is 3.64. The van der Waals surface area contributed by atoms with Gasteiger partial charge in [0.15, 0.2) is 6.61 Å². The molecule has 0 aliphatic rings. The zero-order chi connectivity index (χ0) is 21.5.